The summed E-state index contributed by atoms with van der Waals surface area (Å²) in [6.07, 6.45) is 11.1. The van der Waals surface area contributed by atoms with E-state index in [0.29, 0.717) is 18.1 Å². The van der Waals surface area contributed by atoms with Gasteiger partial charge >= 0.3 is 0 Å². The molecule has 1 N–H and O–H groups in total. The molecule has 2 saturated carbocycles. The minimum atomic E-state index is -0.129. The molecule has 0 aromatic carbocycles. The maximum absolute atomic E-state index is 12.8. The highest BCUT2D eigenvalue weighted by atomic mass is 16.2. The number of carbonyl (C=O) groups is 1. The van der Waals surface area contributed by atoms with Crippen LogP contribution < -0.4 is 5.32 Å². The van der Waals surface area contributed by atoms with E-state index in [0.717, 1.165) is 31.6 Å². The molecule has 3 fully saturated rings. The summed E-state index contributed by atoms with van der Waals surface area (Å²) in [5.74, 6) is 1.16. The van der Waals surface area contributed by atoms with Crippen LogP contribution in [0, 0.1) is 5.92 Å². The third-order valence-corrected chi connectivity index (χ3v) is 5.49. The fourth-order valence-corrected chi connectivity index (χ4v) is 4.22. The Morgan fingerprint density at radius 2 is 2.00 bits per heavy atom. The van der Waals surface area contributed by atoms with E-state index >= 15 is 0 Å². The van der Waals surface area contributed by atoms with Crippen molar-refractivity contribution in [3.05, 3.63) is 0 Å². The Labute approximate surface area is 117 Å². The van der Waals surface area contributed by atoms with E-state index < -0.39 is 0 Å². The monoisotopic (exact) mass is 264 g/mol. The molecule has 1 spiro atoms. The fourth-order valence-electron chi connectivity index (χ4n) is 4.22. The molecule has 3 nitrogen and oxygen atoms in total. The van der Waals surface area contributed by atoms with Crippen molar-refractivity contribution < 1.29 is 4.79 Å². The highest BCUT2D eigenvalue weighted by Gasteiger charge is 2.60. The lowest BCUT2D eigenvalue weighted by Gasteiger charge is -2.40. The molecule has 1 aliphatic heterocycles. The van der Waals surface area contributed by atoms with E-state index in [-0.39, 0.29) is 5.54 Å². The van der Waals surface area contributed by atoms with Crippen molar-refractivity contribution in [3.63, 3.8) is 0 Å². The van der Waals surface area contributed by atoms with Gasteiger partial charge in [-0.25, -0.2) is 0 Å². The smallest absolute Gasteiger partial charge is 0.244 e. The molecule has 3 rings (SSSR count). The van der Waals surface area contributed by atoms with Crippen LogP contribution >= 0.6 is 0 Å². The second-order valence-corrected chi connectivity index (χ2v) is 6.76. The molecule has 0 radical (unpaired) electrons. The maximum atomic E-state index is 12.8. The Morgan fingerprint density at radius 1 is 1.26 bits per heavy atom. The van der Waals surface area contributed by atoms with Crippen molar-refractivity contribution >= 4 is 5.91 Å². The van der Waals surface area contributed by atoms with E-state index in [2.05, 4.69) is 24.1 Å². The standard InChI is InChI=1S/C16H28N2O/c1-3-7-14-17-16(10-11-16)15(19)18(14)13-9-6-5-8-12(13)4-2/h12-14,17H,3-11H2,1-2H3. The van der Waals surface area contributed by atoms with E-state index in [9.17, 15) is 4.79 Å². The summed E-state index contributed by atoms with van der Waals surface area (Å²) in [6, 6.07) is 0.510. The van der Waals surface area contributed by atoms with Crippen LogP contribution in [0.3, 0.4) is 0 Å². The van der Waals surface area contributed by atoms with Gasteiger partial charge in [-0.05, 0) is 38.0 Å². The highest BCUT2D eigenvalue weighted by Crippen LogP contribution is 2.45. The van der Waals surface area contributed by atoms with Crippen LogP contribution in [0.5, 0.6) is 0 Å². The van der Waals surface area contributed by atoms with Crippen LogP contribution in [0.25, 0.3) is 0 Å². The Balaban J connectivity index is 1.81. The Hall–Kier alpha value is -0.570. The number of amides is 1. The van der Waals surface area contributed by atoms with Crippen molar-refractivity contribution in [2.45, 2.75) is 89.4 Å². The van der Waals surface area contributed by atoms with Crippen LogP contribution in [0.4, 0.5) is 0 Å². The number of hydrogen-bond acceptors (Lipinski definition) is 2. The topological polar surface area (TPSA) is 32.3 Å². The summed E-state index contributed by atoms with van der Waals surface area (Å²) >= 11 is 0. The van der Waals surface area contributed by atoms with Gasteiger partial charge in [0.1, 0.15) is 0 Å². The molecule has 1 heterocycles. The van der Waals surface area contributed by atoms with Gasteiger partial charge in [0.15, 0.2) is 0 Å². The molecule has 3 atom stereocenters. The van der Waals surface area contributed by atoms with E-state index in [1.807, 2.05) is 0 Å². The molecule has 3 unspecified atom stereocenters. The molecule has 1 amide bonds. The van der Waals surface area contributed by atoms with Crippen molar-refractivity contribution in [1.82, 2.24) is 10.2 Å². The van der Waals surface area contributed by atoms with Crippen molar-refractivity contribution in [2.24, 2.45) is 5.92 Å². The molecule has 0 aromatic heterocycles. The molecular formula is C16H28N2O. The van der Waals surface area contributed by atoms with Gasteiger partial charge in [0.25, 0.3) is 0 Å². The summed E-state index contributed by atoms with van der Waals surface area (Å²) in [5.41, 5.74) is -0.129. The highest BCUT2D eigenvalue weighted by molar-refractivity contribution is 5.92. The van der Waals surface area contributed by atoms with Gasteiger partial charge in [-0.3, -0.25) is 10.1 Å². The number of carbonyl (C=O) groups excluding carboxylic acids is 1. The minimum Gasteiger partial charge on any atom is -0.322 e. The van der Waals surface area contributed by atoms with E-state index in [1.165, 1.54) is 32.1 Å². The third-order valence-electron chi connectivity index (χ3n) is 5.49. The second-order valence-electron chi connectivity index (χ2n) is 6.76. The van der Waals surface area contributed by atoms with Crippen LogP contribution in [-0.2, 0) is 4.79 Å². The second kappa shape index (κ2) is 5.08. The average Bonchev–Trinajstić information content (AvgIpc) is 3.15. The van der Waals surface area contributed by atoms with E-state index in [4.69, 9.17) is 0 Å². The van der Waals surface area contributed by atoms with Crippen molar-refractivity contribution in [2.75, 3.05) is 0 Å². The summed E-state index contributed by atoms with van der Waals surface area (Å²) in [6.45, 7) is 4.51. The lowest BCUT2D eigenvalue weighted by atomic mass is 9.81. The summed E-state index contributed by atoms with van der Waals surface area (Å²) in [5, 5.41) is 3.66. The first kappa shape index (κ1) is 13.4. The van der Waals surface area contributed by atoms with Gasteiger partial charge in [-0.15, -0.1) is 0 Å². The Bertz CT molecular complexity index is 351. The predicted molar refractivity (Wildman–Crippen MR) is 76.7 cm³/mol. The summed E-state index contributed by atoms with van der Waals surface area (Å²) in [7, 11) is 0. The van der Waals surface area contributed by atoms with Gasteiger partial charge in [-0.1, -0.05) is 39.5 Å². The van der Waals surface area contributed by atoms with Crippen molar-refractivity contribution in [3.8, 4) is 0 Å². The van der Waals surface area contributed by atoms with Crippen molar-refractivity contribution in [1.29, 1.82) is 0 Å². The first-order valence-corrected chi connectivity index (χ1v) is 8.32. The largest absolute Gasteiger partial charge is 0.322 e. The zero-order chi connectivity index (χ0) is 13.5. The normalized spacial score (nSPS) is 37.1. The zero-order valence-corrected chi connectivity index (χ0v) is 12.5. The van der Waals surface area contributed by atoms with Crippen LogP contribution in [-0.4, -0.2) is 28.6 Å². The predicted octanol–water partition coefficient (Wildman–Crippen LogP) is 3.05. The van der Waals surface area contributed by atoms with Crippen LogP contribution in [0.15, 0.2) is 0 Å². The molecule has 1 saturated heterocycles. The summed E-state index contributed by atoms with van der Waals surface area (Å²) in [4.78, 5) is 15.1. The fraction of sp³-hybridized carbons (Fsp3) is 0.938. The number of nitrogens with one attached hydrogen (secondary N) is 1. The third kappa shape index (κ3) is 2.20. The Kier molecular flexibility index (Phi) is 3.59. The number of hydrogen-bond donors (Lipinski definition) is 1. The first-order valence-electron chi connectivity index (χ1n) is 8.32. The SMILES string of the molecule is CCCC1NC2(CC2)C(=O)N1C1CCCCC1CC. The number of rotatable bonds is 4. The zero-order valence-electron chi connectivity index (χ0n) is 12.5. The summed E-state index contributed by atoms with van der Waals surface area (Å²) < 4.78 is 0. The molecule has 0 bridgehead atoms. The maximum Gasteiger partial charge on any atom is 0.244 e. The van der Waals surface area contributed by atoms with Gasteiger partial charge < -0.3 is 4.90 Å². The van der Waals surface area contributed by atoms with Gasteiger partial charge in [0.05, 0.1) is 11.7 Å². The van der Waals surface area contributed by atoms with Crippen LogP contribution in [0.1, 0.15) is 71.6 Å². The van der Waals surface area contributed by atoms with Gasteiger partial charge in [0, 0.05) is 6.04 Å². The quantitative estimate of drug-likeness (QED) is 0.846. The molecule has 0 aromatic rings. The van der Waals surface area contributed by atoms with Gasteiger partial charge in [0.2, 0.25) is 5.91 Å². The lowest BCUT2D eigenvalue weighted by molar-refractivity contribution is -0.135. The lowest BCUT2D eigenvalue weighted by Crippen LogP contribution is -2.49. The Morgan fingerprint density at radius 3 is 2.63 bits per heavy atom. The minimum absolute atomic E-state index is 0.129. The van der Waals surface area contributed by atoms with E-state index in [1.54, 1.807) is 0 Å². The first-order chi connectivity index (χ1) is 9.22. The molecule has 108 valence electrons. The average molecular weight is 264 g/mol. The number of nitrogens with zero attached hydrogens (tertiary/aromatic N) is 1. The molecule has 3 aliphatic rings. The molecule has 3 heteroatoms. The van der Waals surface area contributed by atoms with Crippen LogP contribution in [0.2, 0.25) is 0 Å². The molecular weight excluding hydrogens is 236 g/mol. The molecule has 19 heavy (non-hydrogen) atoms. The molecule has 2 aliphatic carbocycles. The van der Waals surface area contributed by atoms with Gasteiger partial charge in [-0.2, -0.15) is 0 Å².